The predicted molar refractivity (Wildman–Crippen MR) is 84.7 cm³/mol. The fraction of sp³-hybridized carbons (Fsp3) is 0.133. The molecule has 1 N–H and O–H groups in total. The summed E-state index contributed by atoms with van der Waals surface area (Å²) in [5.74, 6) is 0. The van der Waals surface area contributed by atoms with Crippen LogP contribution in [0.1, 0.15) is 16.5 Å². The molecule has 4 heteroatoms. The van der Waals surface area contributed by atoms with Crippen LogP contribution >= 0.6 is 27.3 Å². The highest BCUT2D eigenvalue weighted by Crippen LogP contribution is 2.33. The van der Waals surface area contributed by atoms with Gasteiger partial charge in [-0.3, -0.25) is 4.98 Å². The molecule has 0 aliphatic heterocycles. The molecular formula is C15H13BrN2S. The molecule has 1 unspecified atom stereocenters. The van der Waals surface area contributed by atoms with E-state index < -0.39 is 0 Å². The molecule has 1 atom stereocenters. The van der Waals surface area contributed by atoms with E-state index in [1.54, 1.807) is 11.3 Å². The van der Waals surface area contributed by atoms with Gasteiger partial charge in [0.1, 0.15) is 0 Å². The summed E-state index contributed by atoms with van der Waals surface area (Å²) in [6.07, 6.45) is 1.95. The van der Waals surface area contributed by atoms with Crippen molar-refractivity contribution in [1.29, 1.82) is 0 Å². The van der Waals surface area contributed by atoms with Gasteiger partial charge in [-0.05, 0) is 52.1 Å². The number of benzene rings is 1. The molecule has 2 heterocycles. The van der Waals surface area contributed by atoms with E-state index in [1.807, 2.05) is 31.4 Å². The Morgan fingerprint density at radius 2 is 2.11 bits per heavy atom. The number of fused-ring (bicyclic) bond motifs is 1. The monoisotopic (exact) mass is 332 g/mol. The number of halogens is 1. The van der Waals surface area contributed by atoms with Crippen LogP contribution in [-0.2, 0) is 0 Å². The minimum Gasteiger partial charge on any atom is -0.309 e. The second-order valence-electron chi connectivity index (χ2n) is 4.32. The number of nitrogens with one attached hydrogen (secondary N) is 1. The van der Waals surface area contributed by atoms with Crippen molar-refractivity contribution in [2.45, 2.75) is 6.04 Å². The summed E-state index contributed by atoms with van der Waals surface area (Å²) >= 11 is 5.35. The fourth-order valence-electron chi connectivity index (χ4n) is 2.21. The third-order valence-electron chi connectivity index (χ3n) is 3.14. The summed E-state index contributed by atoms with van der Waals surface area (Å²) < 4.78 is 1.14. The van der Waals surface area contributed by atoms with Gasteiger partial charge in [0.25, 0.3) is 0 Å². The lowest BCUT2D eigenvalue weighted by Crippen LogP contribution is -2.17. The molecule has 96 valence electrons. The maximum Gasteiger partial charge on any atom is 0.0702 e. The van der Waals surface area contributed by atoms with E-state index in [0.717, 1.165) is 9.99 Å². The van der Waals surface area contributed by atoms with Crippen LogP contribution in [-0.4, -0.2) is 12.0 Å². The average molecular weight is 333 g/mol. The number of rotatable bonds is 3. The first-order valence-corrected chi connectivity index (χ1v) is 7.71. The molecule has 1 aromatic carbocycles. The molecule has 3 rings (SSSR count). The zero-order valence-corrected chi connectivity index (χ0v) is 12.8. The Labute approximate surface area is 124 Å². The number of hydrogen-bond donors (Lipinski definition) is 1. The first kappa shape index (κ1) is 12.8. The first-order chi connectivity index (χ1) is 9.29. The van der Waals surface area contributed by atoms with Crippen molar-refractivity contribution >= 4 is 38.2 Å². The lowest BCUT2D eigenvalue weighted by atomic mass is 10.1. The highest BCUT2D eigenvalue weighted by Gasteiger charge is 2.16. The van der Waals surface area contributed by atoms with Crippen LogP contribution < -0.4 is 5.32 Å². The average Bonchev–Trinajstić information content (AvgIpc) is 2.86. The van der Waals surface area contributed by atoms with E-state index in [-0.39, 0.29) is 6.04 Å². The Kier molecular flexibility index (Phi) is 3.64. The molecule has 0 saturated carbocycles. The van der Waals surface area contributed by atoms with Crippen molar-refractivity contribution in [3.63, 3.8) is 0 Å². The SMILES string of the molecule is CNC(c1cnc2ccccc2c1)c1sccc1Br. The van der Waals surface area contributed by atoms with Gasteiger partial charge in [-0.2, -0.15) is 0 Å². The fourth-order valence-corrected chi connectivity index (χ4v) is 3.94. The molecule has 0 aliphatic carbocycles. The third-order valence-corrected chi connectivity index (χ3v) is 5.08. The summed E-state index contributed by atoms with van der Waals surface area (Å²) in [5.41, 5.74) is 2.22. The van der Waals surface area contributed by atoms with Crippen molar-refractivity contribution in [3.8, 4) is 0 Å². The van der Waals surface area contributed by atoms with Crippen molar-refractivity contribution in [3.05, 3.63) is 62.9 Å². The number of hydrogen-bond acceptors (Lipinski definition) is 3. The topological polar surface area (TPSA) is 24.9 Å². The molecule has 0 saturated heterocycles. The minimum atomic E-state index is 0.173. The van der Waals surface area contributed by atoms with Crippen LogP contribution in [0.4, 0.5) is 0 Å². The van der Waals surface area contributed by atoms with Gasteiger partial charge in [0.2, 0.25) is 0 Å². The summed E-state index contributed by atoms with van der Waals surface area (Å²) in [4.78, 5) is 5.82. The molecule has 0 aliphatic rings. The van der Waals surface area contributed by atoms with E-state index in [0.29, 0.717) is 0 Å². The molecule has 0 radical (unpaired) electrons. The second kappa shape index (κ2) is 5.41. The Balaban J connectivity index is 2.09. The van der Waals surface area contributed by atoms with Crippen LogP contribution in [0.5, 0.6) is 0 Å². The first-order valence-electron chi connectivity index (χ1n) is 6.04. The van der Waals surface area contributed by atoms with Gasteiger partial charge in [-0.1, -0.05) is 18.2 Å². The number of aromatic nitrogens is 1. The highest BCUT2D eigenvalue weighted by atomic mass is 79.9. The lowest BCUT2D eigenvalue weighted by Gasteiger charge is -2.16. The number of thiophene rings is 1. The third kappa shape index (κ3) is 2.43. The largest absolute Gasteiger partial charge is 0.309 e. The molecule has 3 aromatic rings. The molecule has 0 fully saturated rings. The van der Waals surface area contributed by atoms with Gasteiger partial charge in [0.05, 0.1) is 11.6 Å². The Bertz CT molecular complexity index is 708. The van der Waals surface area contributed by atoms with Crippen molar-refractivity contribution in [1.82, 2.24) is 10.3 Å². The van der Waals surface area contributed by atoms with Crippen LogP contribution in [0.25, 0.3) is 10.9 Å². The van der Waals surface area contributed by atoms with Gasteiger partial charge >= 0.3 is 0 Å². The van der Waals surface area contributed by atoms with Gasteiger partial charge < -0.3 is 5.32 Å². The van der Waals surface area contributed by atoms with Crippen LogP contribution in [0, 0.1) is 0 Å². The van der Waals surface area contributed by atoms with E-state index in [9.17, 15) is 0 Å². The van der Waals surface area contributed by atoms with Gasteiger partial charge in [0, 0.05) is 20.9 Å². The Morgan fingerprint density at radius 1 is 1.26 bits per heavy atom. The summed E-state index contributed by atoms with van der Waals surface area (Å²) in [6.45, 7) is 0. The smallest absolute Gasteiger partial charge is 0.0702 e. The molecule has 2 aromatic heterocycles. The van der Waals surface area contributed by atoms with E-state index in [1.165, 1.54) is 15.8 Å². The van der Waals surface area contributed by atoms with Crippen LogP contribution in [0.15, 0.2) is 52.4 Å². The summed E-state index contributed by atoms with van der Waals surface area (Å²) in [7, 11) is 1.98. The highest BCUT2D eigenvalue weighted by molar-refractivity contribution is 9.10. The molecule has 19 heavy (non-hydrogen) atoms. The molecule has 0 amide bonds. The maximum atomic E-state index is 4.54. The standard InChI is InChI=1S/C15H13BrN2S/c1-17-14(15-12(16)6-7-19-15)11-8-10-4-2-3-5-13(10)18-9-11/h2-9,14,17H,1H3. The Morgan fingerprint density at radius 3 is 2.84 bits per heavy atom. The summed E-state index contributed by atoms with van der Waals surface area (Å²) in [5, 5.41) is 6.64. The van der Waals surface area contributed by atoms with Crippen molar-refractivity contribution in [2.75, 3.05) is 7.05 Å². The van der Waals surface area contributed by atoms with Crippen LogP contribution in [0.3, 0.4) is 0 Å². The zero-order chi connectivity index (χ0) is 13.2. The number of nitrogens with zero attached hydrogens (tertiary/aromatic N) is 1. The molecule has 0 spiro atoms. The zero-order valence-electron chi connectivity index (χ0n) is 10.4. The van der Waals surface area contributed by atoms with Crippen LogP contribution in [0.2, 0.25) is 0 Å². The lowest BCUT2D eigenvalue weighted by molar-refractivity contribution is 0.700. The Hall–Kier alpha value is -1.23. The number of pyridine rings is 1. The van der Waals surface area contributed by atoms with E-state index >= 15 is 0 Å². The maximum absolute atomic E-state index is 4.54. The molecular weight excluding hydrogens is 320 g/mol. The normalized spacial score (nSPS) is 12.7. The second-order valence-corrected chi connectivity index (χ2v) is 6.12. The van der Waals surface area contributed by atoms with E-state index in [4.69, 9.17) is 0 Å². The predicted octanol–water partition coefficient (Wildman–Crippen LogP) is 4.37. The van der Waals surface area contributed by atoms with Crippen molar-refractivity contribution < 1.29 is 0 Å². The number of para-hydroxylation sites is 1. The van der Waals surface area contributed by atoms with Gasteiger partial charge in [-0.15, -0.1) is 11.3 Å². The molecule has 2 nitrogen and oxygen atoms in total. The van der Waals surface area contributed by atoms with E-state index in [2.05, 4.69) is 49.8 Å². The van der Waals surface area contributed by atoms with Gasteiger partial charge in [-0.25, -0.2) is 0 Å². The minimum absolute atomic E-state index is 0.173. The summed E-state index contributed by atoms with van der Waals surface area (Å²) in [6, 6.07) is 12.7. The quantitative estimate of drug-likeness (QED) is 0.770. The molecule has 0 bridgehead atoms. The van der Waals surface area contributed by atoms with Gasteiger partial charge in [0.15, 0.2) is 0 Å². The van der Waals surface area contributed by atoms with Crippen molar-refractivity contribution in [2.24, 2.45) is 0 Å².